The molecule has 5 nitrogen and oxygen atoms in total. The van der Waals surface area contributed by atoms with Crippen LogP contribution >= 0.6 is 0 Å². The number of unbranched alkanes of at least 4 members (excludes halogenated alkanes) is 2. The highest BCUT2D eigenvalue weighted by atomic mass is 16.2. The van der Waals surface area contributed by atoms with Crippen LogP contribution < -0.4 is 0 Å². The zero-order valence-corrected chi connectivity index (χ0v) is 18.2. The minimum absolute atomic E-state index is 0.0365. The van der Waals surface area contributed by atoms with Gasteiger partial charge in [0.1, 0.15) is 0 Å². The molecule has 0 N–H and O–H groups in total. The van der Waals surface area contributed by atoms with Gasteiger partial charge in [0.2, 0.25) is 11.8 Å². The van der Waals surface area contributed by atoms with Gasteiger partial charge in [-0.25, -0.2) is 0 Å². The molecule has 1 rings (SSSR count). The summed E-state index contributed by atoms with van der Waals surface area (Å²) in [5, 5.41) is 0. The van der Waals surface area contributed by atoms with Crippen LogP contribution in [-0.2, 0) is 23.2 Å². The highest BCUT2D eigenvalue weighted by Gasteiger charge is 2.23. The molecule has 27 heavy (non-hydrogen) atoms. The fourth-order valence-electron chi connectivity index (χ4n) is 3.19. The Morgan fingerprint density at radius 2 is 1.63 bits per heavy atom. The summed E-state index contributed by atoms with van der Waals surface area (Å²) in [6.07, 6.45) is 5.58. The number of hydrogen-bond acceptors (Lipinski definition) is 2. The number of rotatable bonds is 12. The van der Waals surface area contributed by atoms with Crippen LogP contribution in [0.15, 0.2) is 18.3 Å². The Hall–Kier alpha value is -1.78. The zero-order valence-electron chi connectivity index (χ0n) is 18.2. The van der Waals surface area contributed by atoms with Gasteiger partial charge in [-0.3, -0.25) is 9.59 Å². The molecule has 1 aromatic heterocycles. The van der Waals surface area contributed by atoms with Crippen LogP contribution in [0.5, 0.6) is 0 Å². The molecular formula is C22H39N3O2. The van der Waals surface area contributed by atoms with Crippen molar-refractivity contribution in [3.63, 3.8) is 0 Å². The molecule has 0 fully saturated rings. The third-order valence-corrected chi connectivity index (χ3v) is 4.60. The van der Waals surface area contributed by atoms with E-state index < -0.39 is 0 Å². The van der Waals surface area contributed by atoms with Gasteiger partial charge >= 0.3 is 0 Å². The third kappa shape index (κ3) is 8.63. The van der Waals surface area contributed by atoms with E-state index in [0.717, 1.165) is 25.0 Å². The van der Waals surface area contributed by atoms with Crippen molar-refractivity contribution in [2.75, 3.05) is 19.6 Å². The molecule has 0 unspecified atom stereocenters. The van der Waals surface area contributed by atoms with Crippen molar-refractivity contribution in [1.29, 1.82) is 0 Å². The predicted molar refractivity (Wildman–Crippen MR) is 111 cm³/mol. The maximum absolute atomic E-state index is 13.1. The lowest BCUT2D eigenvalue weighted by molar-refractivity contribution is -0.141. The first kappa shape index (κ1) is 23.3. The Bertz CT molecular complexity index is 578. The standard InChI is InChI=1S/C22H39N3O2/c1-7-8-9-12-21(26)25(15-19(4)5)17-22(27)24(14-18(2)3)16-20-11-10-13-23(20)6/h10-11,13,18-19H,7-9,12,14-17H2,1-6H3. The largest absolute Gasteiger partial charge is 0.353 e. The molecule has 2 amide bonds. The van der Waals surface area contributed by atoms with E-state index in [0.29, 0.717) is 37.9 Å². The van der Waals surface area contributed by atoms with E-state index in [1.54, 1.807) is 4.90 Å². The quantitative estimate of drug-likeness (QED) is 0.515. The Kier molecular flexibility index (Phi) is 10.2. The Balaban J connectivity index is 2.82. The summed E-state index contributed by atoms with van der Waals surface area (Å²) in [5.74, 6) is 0.871. The molecule has 0 aliphatic carbocycles. The summed E-state index contributed by atoms with van der Waals surface area (Å²) in [5.41, 5.74) is 1.11. The van der Waals surface area contributed by atoms with E-state index in [4.69, 9.17) is 0 Å². The Labute approximate surface area is 165 Å². The van der Waals surface area contributed by atoms with E-state index in [9.17, 15) is 9.59 Å². The second-order valence-corrected chi connectivity index (χ2v) is 8.40. The van der Waals surface area contributed by atoms with E-state index >= 15 is 0 Å². The second-order valence-electron chi connectivity index (χ2n) is 8.40. The zero-order chi connectivity index (χ0) is 20.4. The topological polar surface area (TPSA) is 45.6 Å². The molecule has 0 saturated carbocycles. The summed E-state index contributed by atoms with van der Waals surface area (Å²) in [6, 6.07) is 4.04. The molecule has 0 aliphatic heterocycles. The normalized spacial score (nSPS) is 11.3. The summed E-state index contributed by atoms with van der Waals surface area (Å²) in [7, 11) is 2.00. The minimum atomic E-state index is 0.0365. The molecule has 5 heteroatoms. The lowest BCUT2D eigenvalue weighted by atomic mass is 10.1. The second kappa shape index (κ2) is 11.8. The van der Waals surface area contributed by atoms with Crippen molar-refractivity contribution in [3.05, 3.63) is 24.0 Å². The smallest absolute Gasteiger partial charge is 0.242 e. The van der Waals surface area contributed by atoms with Crippen LogP contribution in [0.2, 0.25) is 0 Å². The highest BCUT2D eigenvalue weighted by molar-refractivity contribution is 5.84. The van der Waals surface area contributed by atoms with Crippen molar-refractivity contribution < 1.29 is 9.59 Å². The summed E-state index contributed by atoms with van der Waals surface area (Å²) < 4.78 is 2.04. The minimum Gasteiger partial charge on any atom is -0.353 e. The molecule has 0 aliphatic rings. The van der Waals surface area contributed by atoms with E-state index in [-0.39, 0.29) is 18.4 Å². The number of nitrogens with zero attached hydrogens (tertiary/aromatic N) is 3. The van der Waals surface area contributed by atoms with Crippen molar-refractivity contribution in [1.82, 2.24) is 14.4 Å². The first-order valence-corrected chi connectivity index (χ1v) is 10.4. The number of hydrogen-bond donors (Lipinski definition) is 0. The van der Waals surface area contributed by atoms with Gasteiger partial charge in [0.05, 0.1) is 13.1 Å². The first-order valence-electron chi connectivity index (χ1n) is 10.4. The molecule has 0 spiro atoms. The lowest BCUT2D eigenvalue weighted by Gasteiger charge is -2.30. The van der Waals surface area contributed by atoms with Crippen LogP contribution in [0.3, 0.4) is 0 Å². The number of carbonyl (C=O) groups excluding carboxylic acids is 2. The first-order chi connectivity index (χ1) is 12.7. The van der Waals surface area contributed by atoms with Crippen molar-refractivity contribution in [2.24, 2.45) is 18.9 Å². The van der Waals surface area contributed by atoms with Gasteiger partial charge in [-0.2, -0.15) is 0 Å². The monoisotopic (exact) mass is 377 g/mol. The molecule has 154 valence electrons. The van der Waals surface area contributed by atoms with Crippen LogP contribution in [-0.4, -0.2) is 45.8 Å². The number of aryl methyl sites for hydroxylation is 1. The molecule has 0 radical (unpaired) electrons. The van der Waals surface area contributed by atoms with Gasteiger partial charge in [0.15, 0.2) is 0 Å². The molecule has 0 bridgehead atoms. The van der Waals surface area contributed by atoms with Crippen molar-refractivity contribution in [3.8, 4) is 0 Å². The number of carbonyl (C=O) groups is 2. The molecule has 1 aromatic rings. The van der Waals surface area contributed by atoms with Crippen LogP contribution in [0, 0.1) is 11.8 Å². The van der Waals surface area contributed by atoms with Crippen LogP contribution in [0.1, 0.15) is 66.0 Å². The van der Waals surface area contributed by atoms with Gasteiger partial charge in [-0.1, -0.05) is 47.5 Å². The Morgan fingerprint density at radius 1 is 1.00 bits per heavy atom. The number of aromatic nitrogens is 1. The average molecular weight is 378 g/mol. The number of amides is 2. The average Bonchev–Trinajstić information content (AvgIpc) is 2.97. The van der Waals surface area contributed by atoms with E-state index in [1.807, 2.05) is 34.8 Å². The molecule has 0 saturated heterocycles. The van der Waals surface area contributed by atoms with E-state index in [1.165, 1.54) is 0 Å². The predicted octanol–water partition coefficient (Wildman–Crippen LogP) is 4.07. The van der Waals surface area contributed by atoms with Gasteiger partial charge in [0, 0.05) is 38.4 Å². The maximum Gasteiger partial charge on any atom is 0.242 e. The Morgan fingerprint density at radius 3 is 2.15 bits per heavy atom. The SMILES string of the molecule is CCCCCC(=O)N(CC(=O)N(Cc1cccn1C)CC(C)C)CC(C)C. The van der Waals surface area contributed by atoms with Crippen molar-refractivity contribution in [2.45, 2.75) is 66.8 Å². The van der Waals surface area contributed by atoms with Gasteiger partial charge in [-0.05, 0) is 30.4 Å². The summed E-state index contributed by atoms with van der Waals surface area (Å²) >= 11 is 0. The molecule has 0 aromatic carbocycles. The van der Waals surface area contributed by atoms with Crippen LogP contribution in [0.4, 0.5) is 0 Å². The van der Waals surface area contributed by atoms with Gasteiger partial charge < -0.3 is 14.4 Å². The molecular weight excluding hydrogens is 338 g/mol. The molecule has 0 atom stereocenters. The van der Waals surface area contributed by atoms with Gasteiger partial charge in [-0.15, -0.1) is 0 Å². The fraction of sp³-hybridized carbons (Fsp3) is 0.727. The van der Waals surface area contributed by atoms with E-state index in [2.05, 4.69) is 34.6 Å². The maximum atomic E-state index is 13.1. The lowest BCUT2D eigenvalue weighted by Crippen LogP contribution is -2.45. The van der Waals surface area contributed by atoms with Gasteiger partial charge in [0.25, 0.3) is 0 Å². The highest BCUT2D eigenvalue weighted by Crippen LogP contribution is 2.11. The molecule has 1 heterocycles. The third-order valence-electron chi connectivity index (χ3n) is 4.60. The fourth-order valence-corrected chi connectivity index (χ4v) is 3.19. The summed E-state index contributed by atoms with van der Waals surface area (Å²) in [4.78, 5) is 29.4. The summed E-state index contributed by atoms with van der Waals surface area (Å²) in [6.45, 7) is 12.6. The van der Waals surface area contributed by atoms with Crippen LogP contribution in [0.25, 0.3) is 0 Å². The van der Waals surface area contributed by atoms with Crippen molar-refractivity contribution >= 4 is 11.8 Å².